The van der Waals surface area contributed by atoms with E-state index >= 15 is 0 Å². The van der Waals surface area contributed by atoms with Crippen LogP contribution in [0.15, 0.2) is 70.7 Å². The van der Waals surface area contributed by atoms with E-state index in [0.717, 1.165) is 21.3 Å². The molecule has 0 unspecified atom stereocenters. The number of hydrogen-bond acceptors (Lipinski definition) is 5. The van der Waals surface area contributed by atoms with Gasteiger partial charge in [-0.2, -0.15) is 5.26 Å². The molecule has 0 fully saturated rings. The molecule has 0 aliphatic heterocycles. The van der Waals surface area contributed by atoms with Crippen LogP contribution in [0.25, 0.3) is 27.6 Å². The lowest BCUT2D eigenvalue weighted by Crippen LogP contribution is -2.13. The van der Waals surface area contributed by atoms with Crippen LogP contribution in [0.1, 0.15) is 11.3 Å². The van der Waals surface area contributed by atoms with Gasteiger partial charge in [0.15, 0.2) is 5.13 Å². The summed E-state index contributed by atoms with van der Waals surface area (Å²) in [5, 5.41) is 12.5. The number of nitriles is 1. The van der Waals surface area contributed by atoms with Gasteiger partial charge in [-0.05, 0) is 31.2 Å². The van der Waals surface area contributed by atoms with Crippen LogP contribution in [0.2, 0.25) is 0 Å². The molecule has 2 aromatic heterocycles. The number of aromatic nitrogens is 1. The molecule has 4 aromatic rings. The Kier molecular flexibility index (Phi) is 4.75. The van der Waals surface area contributed by atoms with Crippen molar-refractivity contribution in [2.75, 3.05) is 5.32 Å². The van der Waals surface area contributed by atoms with E-state index < -0.39 is 5.91 Å². The average molecular weight is 385 g/mol. The van der Waals surface area contributed by atoms with E-state index in [1.54, 1.807) is 6.07 Å². The lowest BCUT2D eigenvalue weighted by molar-refractivity contribution is -0.112. The molecule has 0 aliphatic rings. The first-order valence-corrected chi connectivity index (χ1v) is 9.39. The third kappa shape index (κ3) is 3.70. The third-order valence-electron chi connectivity index (χ3n) is 4.13. The van der Waals surface area contributed by atoms with Crippen LogP contribution < -0.4 is 5.32 Å². The van der Waals surface area contributed by atoms with E-state index in [9.17, 15) is 10.1 Å². The second-order valence-electron chi connectivity index (χ2n) is 6.18. The maximum absolute atomic E-state index is 12.5. The molecule has 0 aliphatic carbocycles. The number of benzene rings is 2. The van der Waals surface area contributed by atoms with Crippen LogP contribution >= 0.6 is 11.3 Å². The first-order chi connectivity index (χ1) is 13.6. The van der Waals surface area contributed by atoms with Gasteiger partial charge in [-0.15, -0.1) is 0 Å². The molecule has 2 heterocycles. The maximum atomic E-state index is 12.5. The minimum Gasteiger partial charge on any atom is -0.457 e. The van der Waals surface area contributed by atoms with Gasteiger partial charge in [0.05, 0.1) is 10.2 Å². The van der Waals surface area contributed by atoms with Gasteiger partial charge in [0.2, 0.25) is 0 Å². The summed E-state index contributed by atoms with van der Waals surface area (Å²) in [5.74, 6) is 0.594. The summed E-state index contributed by atoms with van der Waals surface area (Å²) in [6.45, 7) is 2.02. The molecule has 28 heavy (non-hydrogen) atoms. The van der Waals surface area contributed by atoms with Gasteiger partial charge >= 0.3 is 0 Å². The van der Waals surface area contributed by atoms with Crippen LogP contribution in [0.4, 0.5) is 5.13 Å². The van der Waals surface area contributed by atoms with Crippen molar-refractivity contribution in [3.05, 3.63) is 77.6 Å². The molecule has 0 radical (unpaired) electrons. The van der Waals surface area contributed by atoms with Gasteiger partial charge in [0.25, 0.3) is 5.91 Å². The van der Waals surface area contributed by atoms with E-state index in [1.165, 1.54) is 17.4 Å². The molecule has 0 spiro atoms. The Hall–Kier alpha value is -3.69. The summed E-state index contributed by atoms with van der Waals surface area (Å²) in [4.78, 5) is 16.8. The van der Waals surface area contributed by atoms with Crippen LogP contribution in [-0.2, 0) is 4.79 Å². The largest absolute Gasteiger partial charge is 0.457 e. The topological polar surface area (TPSA) is 78.9 Å². The Morgan fingerprint density at radius 2 is 1.93 bits per heavy atom. The maximum Gasteiger partial charge on any atom is 0.268 e. The second kappa shape index (κ2) is 7.51. The minimum atomic E-state index is -0.519. The molecule has 2 aromatic carbocycles. The average Bonchev–Trinajstić information content (AvgIpc) is 3.32. The van der Waals surface area contributed by atoms with Crippen LogP contribution in [-0.4, -0.2) is 10.9 Å². The summed E-state index contributed by atoms with van der Waals surface area (Å²) < 4.78 is 6.74. The lowest BCUT2D eigenvalue weighted by Gasteiger charge is -1.99. The van der Waals surface area contributed by atoms with E-state index in [-0.39, 0.29) is 5.57 Å². The highest BCUT2D eigenvalue weighted by atomic mass is 32.1. The van der Waals surface area contributed by atoms with Crippen molar-refractivity contribution >= 4 is 38.7 Å². The molecular weight excluding hydrogens is 370 g/mol. The number of furan rings is 1. The number of carbonyl (C=O) groups excluding carboxylic acids is 1. The van der Waals surface area contributed by atoms with Gasteiger partial charge in [-0.25, -0.2) is 4.98 Å². The molecule has 0 bridgehead atoms. The zero-order chi connectivity index (χ0) is 19.5. The number of fused-ring (bicyclic) bond motifs is 1. The molecule has 136 valence electrons. The molecule has 0 saturated carbocycles. The number of hydrogen-bond donors (Lipinski definition) is 1. The summed E-state index contributed by atoms with van der Waals surface area (Å²) in [6.07, 6.45) is 1.43. The molecule has 4 rings (SSSR count). The van der Waals surface area contributed by atoms with Crippen LogP contribution in [0, 0.1) is 18.3 Å². The number of para-hydroxylation sites is 1. The summed E-state index contributed by atoms with van der Waals surface area (Å²) in [5.41, 5.74) is 2.85. The van der Waals surface area contributed by atoms with Crippen molar-refractivity contribution < 1.29 is 9.21 Å². The number of nitrogens with zero attached hydrogens (tertiary/aromatic N) is 2. The fraction of sp³-hybridized carbons (Fsp3) is 0.0455. The summed E-state index contributed by atoms with van der Waals surface area (Å²) >= 11 is 1.36. The third-order valence-corrected chi connectivity index (χ3v) is 5.08. The Morgan fingerprint density at radius 3 is 2.68 bits per heavy atom. The highest BCUT2D eigenvalue weighted by molar-refractivity contribution is 7.22. The SMILES string of the molecule is Cc1ccc(-c2ccc(/C=C(/C#N)C(=O)Nc3nc4ccccc4s3)o2)cc1. The molecule has 5 nitrogen and oxygen atoms in total. The number of thiazole rings is 1. The van der Waals surface area contributed by atoms with Crippen LogP contribution in [0.3, 0.4) is 0 Å². The first kappa shape index (κ1) is 17.7. The summed E-state index contributed by atoms with van der Waals surface area (Å²) in [7, 11) is 0. The van der Waals surface area contributed by atoms with Crippen molar-refractivity contribution in [1.82, 2.24) is 4.98 Å². The van der Waals surface area contributed by atoms with E-state index in [2.05, 4.69) is 10.3 Å². The van der Waals surface area contributed by atoms with E-state index in [4.69, 9.17) is 4.42 Å². The van der Waals surface area contributed by atoms with Gasteiger partial charge in [-0.1, -0.05) is 53.3 Å². The predicted octanol–water partition coefficient (Wildman–Crippen LogP) is 5.41. The molecule has 0 saturated heterocycles. The van der Waals surface area contributed by atoms with E-state index in [1.807, 2.05) is 67.6 Å². The highest BCUT2D eigenvalue weighted by Crippen LogP contribution is 2.26. The Labute approximate surface area is 165 Å². The normalized spacial score (nSPS) is 11.4. The Balaban J connectivity index is 1.54. The monoisotopic (exact) mass is 385 g/mol. The molecule has 1 N–H and O–H groups in total. The predicted molar refractivity (Wildman–Crippen MR) is 111 cm³/mol. The van der Waals surface area contributed by atoms with Gasteiger partial charge in [-0.3, -0.25) is 10.1 Å². The quantitative estimate of drug-likeness (QED) is 0.376. The van der Waals surface area contributed by atoms with Crippen molar-refractivity contribution in [2.45, 2.75) is 6.92 Å². The van der Waals surface area contributed by atoms with Gasteiger partial charge in [0.1, 0.15) is 23.2 Å². The number of carbonyl (C=O) groups is 1. The number of rotatable bonds is 4. The number of aryl methyl sites for hydroxylation is 1. The zero-order valence-corrected chi connectivity index (χ0v) is 15.8. The first-order valence-electron chi connectivity index (χ1n) is 8.58. The van der Waals surface area contributed by atoms with Gasteiger partial charge < -0.3 is 4.42 Å². The van der Waals surface area contributed by atoms with Crippen molar-refractivity contribution in [3.63, 3.8) is 0 Å². The standard InChI is InChI=1S/C22H15N3O2S/c1-14-6-8-15(9-7-14)19-11-10-17(27-19)12-16(13-23)21(26)25-22-24-18-4-2-3-5-20(18)28-22/h2-12H,1H3,(H,24,25,26)/b16-12-. The highest BCUT2D eigenvalue weighted by Gasteiger charge is 2.14. The van der Waals surface area contributed by atoms with Crippen molar-refractivity contribution in [1.29, 1.82) is 5.26 Å². The lowest BCUT2D eigenvalue weighted by atomic mass is 10.1. The molecular formula is C22H15N3O2S. The molecule has 6 heteroatoms. The molecule has 1 amide bonds. The zero-order valence-electron chi connectivity index (χ0n) is 15.0. The smallest absolute Gasteiger partial charge is 0.268 e. The van der Waals surface area contributed by atoms with Crippen molar-refractivity contribution in [3.8, 4) is 17.4 Å². The number of anilines is 1. The minimum absolute atomic E-state index is 0.0518. The molecule has 0 atom stereocenters. The Bertz CT molecular complexity index is 1190. The number of amides is 1. The second-order valence-corrected chi connectivity index (χ2v) is 7.21. The number of nitrogens with one attached hydrogen (secondary N) is 1. The van der Waals surface area contributed by atoms with E-state index in [0.29, 0.717) is 16.7 Å². The summed E-state index contributed by atoms with van der Waals surface area (Å²) in [6, 6.07) is 21.0. The fourth-order valence-corrected chi connectivity index (χ4v) is 3.55. The fourth-order valence-electron chi connectivity index (χ4n) is 2.68. The Morgan fingerprint density at radius 1 is 1.14 bits per heavy atom. The van der Waals surface area contributed by atoms with Crippen molar-refractivity contribution in [2.24, 2.45) is 0 Å². The van der Waals surface area contributed by atoms with Crippen LogP contribution in [0.5, 0.6) is 0 Å². The van der Waals surface area contributed by atoms with Gasteiger partial charge in [0, 0.05) is 11.6 Å².